The van der Waals surface area contributed by atoms with Crippen molar-refractivity contribution in [1.82, 2.24) is 0 Å². The summed E-state index contributed by atoms with van der Waals surface area (Å²) in [6, 6.07) is 174. The lowest BCUT2D eigenvalue weighted by atomic mass is 9.55. The fourth-order valence-electron chi connectivity index (χ4n) is 22.1. The van der Waals surface area contributed by atoms with E-state index in [1.165, 1.54) is 144 Å². The Hall–Kier alpha value is -16.1. The predicted octanol–water partition coefficient (Wildman–Crippen LogP) is 38.2. The number of para-hydroxylation sites is 2. The number of fused-ring (bicyclic) bond motifs is 13. The second-order valence-corrected chi connectivity index (χ2v) is 41.2. The van der Waals surface area contributed by atoms with Crippen LogP contribution in [0.5, 0.6) is 0 Å². The van der Waals surface area contributed by atoms with Crippen molar-refractivity contribution in [2.45, 2.75) is 116 Å². The Bertz CT molecular complexity index is 8080. The number of hydrogen-bond donors (Lipinski definition) is 0. The number of hydrogen-bond acceptors (Lipinski definition) is 4. The zero-order chi connectivity index (χ0) is 95.8. The van der Waals surface area contributed by atoms with Gasteiger partial charge < -0.3 is 19.1 Å². The van der Waals surface area contributed by atoms with Gasteiger partial charge in [-0.1, -0.05) is 429 Å². The van der Waals surface area contributed by atoms with Gasteiger partial charge in [0.05, 0.1) is 11.1 Å². The molecule has 3 aliphatic rings. The van der Waals surface area contributed by atoms with Gasteiger partial charge in [-0.15, -0.1) is 0 Å². The van der Waals surface area contributed by atoms with Crippen molar-refractivity contribution in [3.05, 3.63) is 513 Å². The predicted molar refractivity (Wildman–Crippen MR) is 595 cm³/mol. The summed E-state index contributed by atoms with van der Waals surface area (Å²) >= 11 is 0. The standard InChI is InChI=1S/C48H41N.C46H39N.C42H35NO/c1-47(2)45-32-39(36-18-12-7-13-19-36)24-30-43(45)44-31-29-42(33-46(44)48(47,3)4)49(40-25-20-37(21-26-40)34-14-8-5-9-15-34)41-27-22-38(23-28-41)35-16-10-6-11-17-35;1-45(2)43-27-22-37(33-15-9-6-10-16-33)30-41(43)42-31-40(26-28-44(42)46(45,3)4)47(39-25-21-34-17-11-12-18-36(34)29-39)38-23-19-35(20-24-38)32-13-7-5-8-14-32;1-41(2)35-26-29(28-14-7-5-8-15-28)22-24-32(35)33-25-23-31(27-36(33)42(41,3)4)43(30-16-9-6-10-17-30)37-19-13-21-39-40(37)34-18-11-12-20-38(34)44-39/h5-33H,1-4H3;5-31H,1-4H3;5-27H,1-4H3. The van der Waals surface area contributed by atoms with E-state index in [9.17, 15) is 0 Å². The second kappa shape index (κ2) is 35.8. The first kappa shape index (κ1) is 89.1. The molecule has 0 aliphatic heterocycles. The third-order valence-corrected chi connectivity index (χ3v) is 32.1. The van der Waals surface area contributed by atoms with Gasteiger partial charge in [0.2, 0.25) is 0 Å². The van der Waals surface area contributed by atoms with E-state index in [1.54, 1.807) is 0 Å². The van der Waals surface area contributed by atoms with Gasteiger partial charge in [0.1, 0.15) is 11.2 Å². The highest BCUT2D eigenvalue weighted by molar-refractivity contribution is 6.13. The molecule has 1 aromatic heterocycles. The van der Waals surface area contributed by atoms with E-state index >= 15 is 0 Å². The Labute approximate surface area is 825 Å². The highest BCUT2D eigenvalue weighted by atomic mass is 16.3. The second-order valence-electron chi connectivity index (χ2n) is 41.2. The molecule has 0 amide bonds. The molecule has 20 aromatic carbocycles. The summed E-state index contributed by atoms with van der Waals surface area (Å²) in [6.45, 7) is 28.9. The normalized spacial score (nSPS) is 14.3. The molecule has 0 radical (unpaired) electrons. The Morgan fingerprint density at radius 3 is 0.871 bits per heavy atom. The van der Waals surface area contributed by atoms with Crippen LogP contribution in [-0.4, -0.2) is 0 Å². The zero-order valence-electron chi connectivity index (χ0n) is 81.9. The van der Waals surface area contributed by atoms with Crippen molar-refractivity contribution >= 4 is 83.9 Å². The lowest BCUT2D eigenvalue weighted by Crippen LogP contribution is -2.43. The van der Waals surface area contributed by atoms with Crippen LogP contribution in [0.3, 0.4) is 0 Å². The molecular formula is C136H115N3O. The maximum absolute atomic E-state index is 6.32. The van der Waals surface area contributed by atoms with E-state index in [2.05, 4.69) is 571 Å². The number of anilines is 9. The van der Waals surface area contributed by atoms with Crippen molar-refractivity contribution in [3.8, 4) is 100 Å². The summed E-state index contributed by atoms with van der Waals surface area (Å²) in [4.78, 5) is 7.21. The third kappa shape index (κ3) is 15.8. The molecule has 0 saturated carbocycles. The maximum atomic E-state index is 6.32. The van der Waals surface area contributed by atoms with Gasteiger partial charge in [-0.05, 0) is 310 Å². The molecule has 4 nitrogen and oxygen atoms in total. The smallest absolute Gasteiger partial charge is 0.137 e. The number of nitrogens with zero attached hydrogens (tertiary/aromatic N) is 3. The van der Waals surface area contributed by atoms with Crippen molar-refractivity contribution in [3.63, 3.8) is 0 Å². The molecule has 0 saturated heterocycles. The first-order valence-corrected chi connectivity index (χ1v) is 49.3. The molecular weight excluding hydrogens is 1690 g/mol. The Balaban J connectivity index is 0.000000121. The number of furan rings is 1. The van der Waals surface area contributed by atoms with Crippen molar-refractivity contribution in [2.24, 2.45) is 0 Å². The SMILES string of the molecule is CC1(C)c2cc(-c3ccccc3)ccc2-c2ccc(N(c3ccc(-c4ccccc4)cc3)c3ccc(-c4ccccc4)cc3)cc2C1(C)C.CC1(C)c2cc(-c3ccccc3)ccc2-c2ccc(N(c3ccccc3)c3cccc4oc5ccccc5c34)cc2C1(C)C.CC1(C)c2ccc(-c3ccccc3)cc2-c2cc(N(c3ccc(-c4ccccc4)cc3)c3ccc4ccccc4c3)ccc2C1(C)C. The Morgan fingerprint density at radius 1 is 0.157 bits per heavy atom. The fourth-order valence-corrected chi connectivity index (χ4v) is 22.1. The highest BCUT2D eigenvalue weighted by Gasteiger charge is 2.50. The van der Waals surface area contributed by atoms with E-state index in [4.69, 9.17) is 4.42 Å². The van der Waals surface area contributed by atoms with Crippen molar-refractivity contribution in [1.29, 1.82) is 0 Å². The van der Waals surface area contributed by atoms with Crippen LogP contribution < -0.4 is 14.7 Å². The van der Waals surface area contributed by atoms with Crippen LogP contribution in [0.4, 0.5) is 51.2 Å². The summed E-state index contributed by atoms with van der Waals surface area (Å²) in [6.07, 6.45) is 0. The van der Waals surface area contributed by atoms with Crippen LogP contribution in [0.15, 0.2) is 484 Å². The molecule has 24 rings (SSSR count). The summed E-state index contributed by atoms with van der Waals surface area (Å²) in [7, 11) is 0. The molecule has 0 fully saturated rings. The molecule has 0 N–H and O–H groups in total. The minimum atomic E-state index is -0.128. The molecule has 21 aromatic rings. The molecule has 4 heteroatoms. The average Bonchev–Trinajstić information content (AvgIpc) is 0.782. The average molecular weight is 1810 g/mol. The van der Waals surface area contributed by atoms with E-state index < -0.39 is 0 Å². The van der Waals surface area contributed by atoms with Crippen LogP contribution in [0.2, 0.25) is 0 Å². The number of rotatable bonds is 15. The van der Waals surface area contributed by atoms with Gasteiger partial charge in [-0.25, -0.2) is 0 Å². The van der Waals surface area contributed by atoms with Gasteiger partial charge in [-0.2, -0.15) is 0 Å². The van der Waals surface area contributed by atoms with Crippen molar-refractivity contribution < 1.29 is 4.42 Å². The molecule has 3 aliphatic carbocycles. The first-order valence-electron chi connectivity index (χ1n) is 49.3. The van der Waals surface area contributed by atoms with E-state index in [-0.39, 0.29) is 32.5 Å². The van der Waals surface area contributed by atoms with Gasteiger partial charge >= 0.3 is 0 Å². The molecule has 0 unspecified atom stereocenters. The lowest BCUT2D eigenvalue weighted by Gasteiger charge is -2.48. The summed E-state index contributed by atoms with van der Waals surface area (Å²) in [5, 5.41) is 4.73. The molecule has 140 heavy (non-hydrogen) atoms. The van der Waals surface area contributed by atoms with Gasteiger partial charge in [0.15, 0.2) is 0 Å². The number of benzene rings is 20. The van der Waals surface area contributed by atoms with Crippen LogP contribution in [0, 0.1) is 0 Å². The molecule has 0 bridgehead atoms. The van der Waals surface area contributed by atoms with Crippen LogP contribution in [-0.2, 0) is 32.5 Å². The fraction of sp³-hybridized carbons (Fsp3) is 0.132. The molecule has 0 spiro atoms. The van der Waals surface area contributed by atoms with Gasteiger partial charge in [0.25, 0.3) is 0 Å². The largest absolute Gasteiger partial charge is 0.456 e. The third-order valence-electron chi connectivity index (χ3n) is 32.1. The van der Waals surface area contributed by atoms with E-state index in [0.717, 1.165) is 73.1 Å². The lowest BCUT2D eigenvalue weighted by molar-refractivity contribution is 0.299. The van der Waals surface area contributed by atoms with E-state index in [0.29, 0.717) is 0 Å². The molecule has 1 heterocycles. The summed E-state index contributed by atoms with van der Waals surface area (Å²) in [5.74, 6) is 0. The minimum absolute atomic E-state index is 0.0443. The zero-order valence-corrected chi connectivity index (χ0v) is 81.9. The van der Waals surface area contributed by atoms with Crippen LogP contribution >= 0.6 is 0 Å². The minimum Gasteiger partial charge on any atom is -0.456 e. The molecule has 0 atom stereocenters. The summed E-state index contributed by atoms with van der Waals surface area (Å²) in [5.41, 5.74) is 42.6. The Kier molecular flexibility index (Phi) is 22.8. The first-order chi connectivity index (χ1) is 68.0. The van der Waals surface area contributed by atoms with Crippen molar-refractivity contribution in [2.75, 3.05) is 14.7 Å². The van der Waals surface area contributed by atoms with Gasteiger partial charge in [-0.3, -0.25) is 0 Å². The van der Waals surface area contributed by atoms with Crippen LogP contribution in [0.25, 0.3) is 133 Å². The van der Waals surface area contributed by atoms with Gasteiger partial charge in [0, 0.05) is 50.9 Å². The monoisotopic (exact) mass is 1810 g/mol. The van der Waals surface area contributed by atoms with Crippen LogP contribution in [0.1, 0.15) is 116 Å². The maximum Gasteiger partial charge on any atom is 0.137 e. The van der Waals surface area contributed by atoms with E-state index in [1.807, 2.05) is 6.07 Å². The molecule has 680 valence electrons. The topological polar surface area (TPSA) is 22.9 Å². The Morgan fingerprint density at radius 2 is 0.429 bits per heavy atom. The quantitative estimate of drug-likeness (QED) is 0.102. The highest BCUT2D eigenvalue weighted by Crippen LogP contribution is 2.61. The summed E-state index contributed by atoms with van der Waals surface area (Å²) < 4.78 is 6.32.